The molecule has 13 heteroatoms. The lowest BCUT2D eigenvalue weighted by atomic mass is 9.85. The number of unbranched alkanes of at least 4 members (excludes halogenated alkanes) is 1. The van der Waals surface area contributed by atoms with Gasteiger partial charge in [0.2, 0.25) is 23.6 Å². The molecule has 4 amide bonds. The lowest BCUT2D eigenvalue weighted by Crippen LogP contribution is -2.57. The Hall–Kier alpha value is -4.00. The second-order valence-corrected chi connectivity index (χ2v) is 16.5. The number of primary amides is 1. The van der Waals surface area contributed by atoms with E-state index in [1.54, 1.807) is 11.3 Å². The topological polar surface area (TPSA) is 164 Å². The van der Waals surface area contributed by atoms with Crippen LogP contribution in [-0.4, -0.2) is 70.0 Å². The van der Waals surface area contributed by atoms with E-state index in [1.165, 1.54) is 4.90 Å². The third-order valence-corrected chi connectivity index (χ3v) is 11.0. The molecule has 5 N–H and O–H groups in total. The van der Waals surface area contributed by atoms with E-state index in [2.05, 4.69) is 15.6 Å². The number of amides is 4. The number of ether oxygens (including phenoxy) is 1. The quantitative estimate of drug-likeness (QED) is 0.120. The predicted octanol–water partition coefficient (Wildman–Crippen LogP) is 6.14. The third kappa shape index (κ3) is 11.7. The van der Waals surface area contributed by atoms with E-state index in [0.717, 1.165) is 27.3 Å². The maximum Gasteiger partial charge on any atom is 0.246 e. The van der Waals surface area contributed by atoms with Gasteiger partial charge in [0.05, 0.1) is 39.9 Å². The second-order valence-electron chi connectivity index (χ2n) is 15.2. The average Bonchev–Trinajstić information content (AvgIpc) is 3.72. The van der Waals surface area contributed by atoms with E-state index in [1.807, 2.05) is 89.5 Å². The van der Waals surface area contributed by atoms with Crippen LogP contribution in [0, 0.1) is 18.3 Å². The van der Waals surface area contributed by atoms with Crippen LogP contribution in [0.1, 0.15) is 96.0 Å². The van der Waals surface area contributed by atoms with Crippen molar-refractivity contribution in [2.75, 3.05) is 13.2 Å². The van der Waals surface area contributed by atoms with Crippen LogP contribution in [0.4, 0.5) is 0 Å². The van der Waals surface area contributed by atoms with Crippen LogP contribution in [0.15, 0.2) is 48.0 Å². The first kappa shape index (κ1) is 41.8. The summed E-state index contributed by atoms with van der Waals surface area (Å²) >= 11 is 8.22. The Kier molecular flexibility index (Phi) is 14.8. The van der Waals surface area contributed by atoms with Gasteiger partial charge in [-0.1, -0.05) is 75.7 Å². The number of thiazole rings is 1. The fourth-order valence-corrected chi connectivity index (χ4v) is 7.50. The van der Waals surface area contributed by atoms with Crippen LogP contribution < -0.4 is 21.1 Å². The Bertz CT molecular complexity index is 1720. The molecule has 0 unspecified atom stereocenters. The summed E-state index contributed by atoms with van der Waals surface area (Å²) in [5, 5.41) is 17.1. The van der Waals surface area contributed by atoms with Gasteiger partial charge >= 0.3 is 0 Å². The Morgan fingerprint density at radius 1 is 1.08 bits per heavy atom. The number of nitrogens with one attached hydrogen (secondary N) is 2. The van der Waals surface area contributed by atoms with Crippen LogP contribution in [0.2, 0.25) is 5.02 Å². The maximum absolute atomic E-state index is 14.0. The van der Waals surface area contributed by atoms with Gasteiger partial charge in [-0.15, -0.1) is 11.3 Å². The fraction of sp³-hybridized carbons (Fsp3) is 0.525. The van der Waals surface area contributed by atoms with Crippen molar-refractivity contribution in [2.24, 2.45) is 17.1 Å². The van der Waals surface area contributed by atoms with Crippen molar-refractivity contribution in [2.45, 2.75) is 111 Å². The highest BCUT2D eigenvalue weighted by atomic mass is 35.5. The first-order valence-corrected chi connectivity index (χ1v) is 19.6. The van der Waals surface area contributed by atoms with Crippen LogP contribution in [0.5, 0.6) is 5.75 Å². The molecular weight excluding hydrogens is 714 g/mol. The summed E-state index contributed by atoms with van der Waals surface area (Å²) in [6, 6.07) is 11.5. The molecule has 5 atom stereocenters. The summed E-state index contributed by atoms with van der Waals surface area (Å²) < 4.78 is 5.92. The summed E-state index contributed by atoms with van der Waals surface area (Å²) in [5.41, 5.74) is 10.3. The minimum absolute atomic E-state index is 0.00642. The smallest absolute Gasteiger partial charge is 0.246 e. The molecule has 2 aromatic carbocycles. The van der Waals surface area contributed by atoms with E-state index in [0.29, 0.717) is 49.5 Å². The van der Waals surface area contributed by atoms with Gasteiger partial charge < -0.3 is 31.1 Å². The van der Waals surface area contributed by atoms with Gasteiger partial charge in [0.25, 0.3) is 0 Å². The molecule has 0 bridgehead atoms. The Morgan fingerprint density at radius 3 is 2.43 bits per heavy atom. The van der Waals surface area contributed by atoms with E-state index >= 15 is 0 Å². The van der Waals surface area contributed by atoms with E-state index in [-0.39, 0.29) is 49.1 Å². The highest BCUT2D eigenvalue weighted by molar-refractivity contribution is 7.13. The minimum atomic E-state index is -0.899. The highest BCUT2D eigenvalue weighted by Gasteiger charge is 2.44. The van der Waals surface area contributed by atoms with Crippen LogP contribution in [0.25, 0.3) is 10.4 Å². The number of aliphatic hydroxyl groups excluding tert-OH is 1. The number of aliphatic hydroxyl groups is 1. The number of nitrogens with zero attached hydrogens (tertiary/aromatic N) is 2. The highest BCUT2D eigenvalue weighted by Crippen LogP contribution is 2.31. The normalized spacial score (nSPS) is 17.5. The van der Waals surface area contributed by atoms with Crippen molar-refractivity contribution in [3.05, 3.63) is 69.8 Å². The molecule has 1 aliphatic rings. The Morgan fingerprint density at radius 2 is 1.79 bits per heavy atom. The molecule has 0 spiro atoms. The number of carbonyl (C=O) groups excluding carboxylic acids is 4. The average molecular weight is 768 g/mol. The number of β-amino-alcohol motifs (C(OH)–C–C–N with tert-alkyl or cyclic N) is 1. The van der Waals surface area contributed by atoms with Gasteiger partial charge in [-0.3, -0.25) is 19.2 Å². The SMILES string of the molecule is Cc1ncsc1-c1ccc([C@H](C)NC(=O)[C@@H]2C[C@@H](O)CN2C(=O)[C@@H](NC(=O)CCCCc2cccc(OC[C@@H](C)CCC(N)=O)c2Cl)C(C)(C)C)cc1. The first-order valence-electron chi connectivity index (χ1n) is 18.3. The molecule has 3 aromatic rings. The lowest BCUT2D eigenvalue weighted by molar-refractivity contribution is -0.144. The van der Waals surface area contributed by atoms with E-state index in [9.17, 15) is 24.3 Å². The molecule has 0 saturated carbocycles. The number of likely N-dealkylation sites (tertiary alicyclic amines) is 1. The molecule has 0 aliphatic carbocycles. The molecule has 1 fully saturated rings. The summed E-state index contributed by atoms with van der Waals surface area (Å²) in [6.07, 6.45) is 2.29. The van der Waals surface area contributed by atoms with Gasteiger partial charge in [0.15, 0.2) is 0 Å². The van der Waals surface area contributed by atoms with Gasteiger partial charge in [-0.2, -0.15) is 0 Å². The van der Waals surface area contributed by atoms with E-state index < -0.39 is 29.5 Å². The monoisotopic (exact) mass is 767 g/mol. The second kappa shape index (κ2) is 18.9. The predicted molar refractivity (Wildman–Crippen MR) is 208 cm³/mol. The van der Waals surface area contributed by atoms with Crippen molar-refractivity contribution >= 4 is 46.6 Å². The number of benzene rings is 2. The van der Waals surface area contributed by atoms with Crippen molar-refractivity contribution in [1.82, 2.24) is 20.5 Å². The number of carbonyl (C=O) groups is 4. The molecule has 4 rings (SSSR count). The fourth-order valence-electron chi connectivity index (χ4n) is 6.41. The molecule has 0 radical (unpaired) electrons. The summed E-state index contributed by atoms with van der Waals surface area (Å²) in [4.78, 5) is 58.7. The minimum Gasteiger partial charge on any atom is -0.492 e. The van der Waals surface area contributed by atoms with Crippen LogP contribution in [0.3, 0.4) is 0 Å². The van der Waals surface area contributed by atoms with Crippen molar-refractivity contribution in [3.8, 4) is 16.2 Å². The third-order valence-electron chi connectivity index (χ3n) is 9.61. The largest absolute Gasteiger partial charge is 0.492 e. The first-order chi connectivity index (χ1) is 25.0. The number of halogens is 1. The lowest BCUT2D eigenvalue weighted by Gasteiger charge is -2.35. The van der Waals surface area contributed by atoms with Crippen LogP contribution >= 0.6 is 22.9 Å². The Labute approximate surface area is 322 Å². The van der Waals surface area contributed by atoms with E-state index in [4.69, 9.17) is 22.1 Å². The Balaban J connectivity index is 1.30. The number of aryl methyl sites for hydroxylation is 2. The molecular formula is C40H54ClN5O6S. The number of rotatable bonds is 17. The molecule has 1 saturated heterocycles. The van der Waals surface area contributed by atoms with Gasteiger partial charge in [-0.05, 0) is 73.6 Å². The zero-order valence-electron chi connectivity index (χ0n) is 31.6. The zero-order chi connectivity index (χ0) is 38.9. The summed E-state index contributed by atoms with van der Waals surface area (Å²) in [5.74, 6) is -0.637. The standard InChI is InChI=1S/C40H54ClN5O6S/c1-24(14-19-33(42)48)22-52-32-12-9-11-28(35(32)41)10-7-8-13-34(49)45-37(40(4,5)6)39(51)46-21-30(47)20-31(46)38(50)44-25(2)27-15-17-29(18-16-27)36-26(3)43-23-53-36/h9,11-12,15-18,23-25,30-31,37,47H,7-8,10,13-14,19-22H2,1-6H3,(H2,42,48)(H,44,50)(H,45,49)/t24-,25-,30+,31-,37+/m0/s1. The maximum atomic E-state index is 14.0. The summed E-state index contributed by atoms with van der Waals surface area (Å²) in [6.45, 7) is 11.9. The number of hydrogen-bond donors (Lipinski definition) is 4. The molecule has 11 nitrogen and oxygen atoms in total. The number of aromatic nitrogens is 1. The van der Waals surface area contributed by atoms with Crippen molar-refractivity contribution in [3.63, 3.8) is 0 Å². The van der Waals surface area contributed by atoms with Crippen molar-refractivity contribution in [1.29, 1.82) is 0 Å². The number of hydrogen-bond acceptors (Lipinski definition) is 8. The van der Waals surface area contributed by atoms with Crippen LogP contribution in [-0.2, 0) is 25.6 Å². The molecule has 1 aliphatic heterocycles. The van der Waals surface area contributed by atoms with Crippen molar-refractivity contribution < 1.29 is 29.0 Å². The summed E-state index contributed by atoms with van der Waals surface area (Å²) in [7, 11) is 0. The van der Waals surface area contributed by atoms with Gasteiger partial charge in [0, 0.05) is 25.8 Å². The van der Waals surface area contributed by atoms with Gasteiger partial charge in [-0.25, -0.2) is 4.98 Å². The number of nitrogens with two attached hydrogens (primary N) is 1. The molecule has 1 aromatic heterocycles. The van der Waals surface area contributed by atoms with Gasteiger partial charge in [0.1, 0.15) is 17.8 Å². The molecule has 288 valence electrons. The zero-order valence-corrected chi connectivity index (χ0v) is 33.2. The molecule has 53 heavy (non-hydrogen) atoms. The molecule has 2 heterocycles.